The van der Waals surface area contributed by atoms with Gasteiger partial charge in [-0.25, -0.2) is 4.57 Å². The number of anilines is 2. The van der Waals surface area contributed by atoms with Crippen LogP contribution >= 0.6 is 7.82 Å². The fourth-order valence-corrected chi connectivity index (χ4v) is 5.02. The second-order valence-electron chi connectivity index (χ2n) is 9.68. The van der Waals surface area contributed by atoms with E-state index in [4.69, 9.17) is 26.7 Å². The van der Waals surface area contributed by atoms with Crippen molar-refractivity contribution in [2.24, 2.45) is 0 Å². The largest absolute Gasteiger partial charge is 0.565 e. The number of nitrogen functional groups attached to an aromatic ring is 2. The number of nitrogens with one attached hydrogen (secondary N) is 1. The predicted octanol–water partition coefficient (Wildman–Crippen LogP) is 6.23. The van der Waals surface area contributed by atoms with E-state index >= 15 is 0 Å². The molecule has 0 bridgehead atoms. The number of benzene rings is 5. The van der Waals surface area contributed by atoms with Gasteiger partial charge in [0.05, 0.1) is 5.78 Å². The standard InChI is InChI=1S/C11H11NO4P.C11H10NO.C11H8NO.3Y/c1-7-6-10(12)8-4-2-3-5-9(8)11(7)16-17(13,14)15;2*1-7-6-10(12)8-4-2-3-5-9(8)11(7)13;;;/h2-5H,12H2,1H3,(H2,13,14,15);2-5,13H,12H2,1H3;2-5,12H,1H3;;;/q3*-1;;;. The third-order valence-corrected chi connectivity index (χ3v) is 7.00. The average molecular weight is 861 g/mol. The Bertz CT molecular complexity index is 1980. The number of carbonyl (C=O) groups is 1. The fraction of sp³-hybridized carbons (Fsp3) is 0.0909. The topological polar surface area (TPSA) is 180 Å². The summed E-state index contributed by atoms with van der Waals surface area (Å²) in [6.07, 6.45) is 2.74. The van der Waals surface area contributed by atoms with Gasteiger partial charge in [0.15, 0.2) is 0 Å². The number of Topliss-reactive ketones (excluding diaryl/α,β-unsaturated/α-hetero) is 1. The number of phenols is 1. The summed E-state index contributed by atoms with van der Waals surface area (Å²) >= 11 is 0. The molecule has 5 aromatic carbocycles. The van der Waals surface area contributed by atoms with E-state index in [0.29, 0.717) is 55.7 Å². The molecule has 46 heavy (non-hydrogen) atoms. The van der Waals surface area contributed by atoms with Gasteiger partial charge in [-0.05, 0) is 0 Å². The van der Waals surface area contributed by atoms with Gasteiger partial charge < -0.3 is 31.3 Å². The third kappa shape index (κ3) is 10.2. The minimum Gasteiger partial charge on any atom is -0.565 e. The molecular weight excluding hydrogens is 832 g/mol. The van der Waals surface area contributed by atoms with E-state index in [1.165, 1.54) is 0 Å². The van der Waals surface area contributed by atoms with Gasteiger partial charge in [-0.2, -0.15) is 12.1 Å². The molecule has 1 aliphatic carbocycles. The number of carbonyl (C=O) groups excluding carboxylic acids is 1. The van der Waals surface area contributed by atoms with E-state index in [9.17, 15) is 14.5 Å². The number of hydrogen-bond acceptors (Lipinski definition) is 7. The van der Waals surface area contributed by atoms with Crippen LogP contribution in [0.3, 0.4) is 0 Å². The molecule has 229 valence electrons. The molecule has 5 aromatic rings. The molecule has 0 unspecified atom stereocenters. The van der Waals surface area contributed by atoms with Gasteiger partial charge in [-0.3, -0.25) is 9.79 Å². The Kier molecular flexibility index (Phi) is 16.8. The van der Waals surface area contributed by atoms with E-state index < -0.39 is 7.82 Å². The molecule has 3 radical (unpaired) electrons. The van der Waals surface area contributed by atoms with Gasteiger partial charge in [0, 0.05) is 110 Å². The van der Waals surface area contributed by atoms with Crippen molar-refractivity contribution >= 4 is 52.2 Å². The van der Waals surface area contributed by atoms with Crippen LogP contribution in [0.4, 0.5) is 11.4 Å². The van der Waals surface area contributed by atoms with E-state index in [1.54, 1.807) is 57.2 Å². The van der Waals surface area contributed by atoms with Crippen LogP contribution < -0.4 is 16.0 Å². The van der Waals surface area contributed by atoms with Gasteiger partial charge in [0.1, 0.15) is 0 Å². The van der Waals surface area contributed by atoms with Crippen LogP contribution in [0.5, 0.6) is 11.5 Å². The van der Waals surface area contributed by atoms with E-state index in [1.807, 2.05) is 36.4 Å². The summed E-state index contributed by atoms with van der Waals surface area (Å²) in [5, 5.41) is 20.2. The van der Waals surface area contributed by atoms with E-state index in [0.717, 1.165) is 10.8 Å². The van der Waals surface area contributed by atoms with E-state index in [2.05, 4.69) is 22.7 Å². The quantitative estimate of drug-likeness (QED) is 0.0524. The smallest absolute Gasteiger partial charge is 0.512 e. The third-order valence-electron chi connectivity index (χ3n) is 6.58. The number of phosphoric acid groups is 1. The van der Waals surface area contributed by atoms with Gasteiger partial charge in [0.2, 0.25) is 0 Å². The SMILES string of the molecule is CC1=[C-]C(=N)c2ccccc2C1=O.Cc1[c-]c(N)c2ccccc2c1O.Cc1[c-]c(N)c2ccccc2c1OP(=O)(O)O.[Y].[Y].[Y]. The molecule has 0 atom stereocenters. The summed E-state index contributed by atoms with van der Waals surface area (Å²) in [7, 11) is -4.59. The molecule has 0 heterocycles. The Morgan fingerprint density at radius 2 is 1.15 bits per heavy atom. The molecular formula is C33H29N3O6PY3-3. The van der Waals surface area contributed by atoms with Crippen LogP contribution in [0.15, 0.2) is 78.4 Å². The molecule has 0 fully saturated rings. The fourth-order valence-electron chi connectivity index (χ4n) is 4.55. The molecule has 0 saturated heterocycles. The minimum atomic E-state index is -4.59. The average Bonchev–Trinajstić information content (AvgIpc) is 2.97. The van der Waals surface area contributed by atoms with Crippen LogP contribution in [0.1, 0.15) is 34.0 Å². The number of ketones is 1. The number of fused-ring (bicyclic) bond motifs is 3. The molecule has 0 amide bonds. The maximum absolute atomic E-state index is 11.6. The van der Waals surface area contributed by atoms with Gasteiger partial charge >= 0.3 is 7.82 Å². The normalized spacial score (nSPS) is 11.6. The molecule has 0 spiro atoms. The summed E-state index contributed by atoms with van der Waals surface area (Å²) in [6, 6.07) is 27.3. The first-order chi connectivity index (χ1) is 20.3. The Morgan fingerprint density at radius 1 is 0.717 bits per heavy atom. The summed E-state index contributed by atoms with van der Waals surface area (Å²) in [5.74, 6) is 0.361. The number of phosphoric ester groups is 1. The Balaban J connectivity index is 0.000000338. The monoisotopic (exact) mass is 861 g/mol. The number of allylic oxidation sites excluding steroid dienone is 2. The van der Waals surface area contributed by atoms with Crippen LogP contribution in [0, 0.1) is 37.5 Å². The second kappa shape index (κ2) is 18.2. The van der Waals surface area contributed by atoms with Crippen LogP contribution in [-0.4, -0.2) is 26.4 Å². The molecule has 0 saturated carbocycles. The number of aryl methyl sites for hydroxylation is 2. The van der Waals surface area contributed by atoms with Crippen molar-refractivity contribution < 1.29 is 127 Å². The van der Waals surface area contributed by atoms with Crippen LogP contribution in [-0.2, 0) is 103 Å². The molecule has 9 nitrogen and oxygen atoms in total. The van der Waals surface area contributed by atoms with Gasteiger partial charge in [-0.15, -0.1) is 51.7 Å². The van der Waals surface area contributed by atoms with Crippen molar-refractivity contribution in [1.29, 1.82) is 5.41 Å². The molecule has 6 rings (SSSR count). The van der Waals surface area contributed by atoms with Crippen molar-refractivity contribution in [2.45, 2.75) is 20.8 Å². The molecule has 8 N–H and O–H groups in total. The first-order valence-corrected chi connectivity index (χ1v) is 14.5. The number of aromatic hydroxyl groups is 1. The number of phenolic OH excluding ortho intramolecular Hbond substituents is 1. The van der Waals surface area contributed by atoms with Crippen LogP contribution in [0.2, 0.25) is 0 Å². The number of hydrogen-bond donors (Lipinski definition) is 6. The first kappa shape index (κ1) is 42.4. The zero-order valence-corrected chi connectivity index (χ0v) is 34.7. The van der Waals surface area contributed by atoms with Crippen molar-refractivity contribution in [3.05, 3.63) is 119 Å². The zero-order valence-electron chi connectivity index (χ0n) is 25.3. The molecule has 0 aliphatic heterocycles. The summed E-state index contributed by atoms with van der Waals surface area (Å²) < 4.78 is 15.6. The van der Waals surface area contributed by atoms with Gasteiger partial charge in [-0.1, -0.05) is 114 Å². The zero-order chi connectivity index (χ0) is 31.5. The molecule has 0 aromatic heterocycles. The summed E-state index contributed by atoms with van der Waals surface area (Å²) in [5.41, 5.74) is 15.8. The van der Waals surface area contributed by atoms with Crippen molar-refractivity contribution in [3.63, 3.8) is 0 Å². The van der Waals surface area contributed by atoms with E-state index in [-0.39, 0.29) is 115 Å². The number of rotatable bonds is 2. The first-order valence-electron chi connectivity index (χ1n) is 13.0. The minimum absolute atomic E-state index is 0. The Labute approximate surface area is 343 Å². The van der Waals surface area contributed by atoms with Crippen molar-refractivity contribution in [2.75, 3.05) is 11.5 Å². The van der Waals surface area contributed by atoms with Crippen molar-refractivity contribution in [1.82, 2.24) is 0 Å². The number of nitrogens with two attached hydrogens (primary N) is 2. The predicted molar refractivity (Wildman–Crippen MR) is 168 cm³/mol. The van der Waals surface area contributed by atoms with Gasteiger partial charge in [0.25, 0.3) is 0 Å². The Morgan fingerprint density at radius 3 is 1.70 bits per heavy atom. The maximum Gasteiger partial charge on any atom is 0.512 e. The summed E-state index contributed by atoms with van der Waals surface area (Å²) in [6.45, 7) is 5.11. The maximum atomic E-state index is 11.6. The molecule has 13 heteroatoms. The molecule has 1 aliphatic rings. The van der Waals surface area contributed by atoms with Crippen LogP contribution in [0.25, 0.3) is 21.5 Å². The second-order valence-corrected chi connectivity index (χ2v) is 10.8. The summed E-state index contributed by atoms with van der Waals surface area (Å²) in [4.78, 5) is 29.3. The van der Waals surface area contributed by atoms with Crippen molar-refractivity contribution in [3.8, 4) is 11.5 Å². The Hall–Kier alpha value is -1.64.